The van der Waals surface area contributed by atoms with E-state index in [2.05, 4.69) is 0 Å². The first-order valence-electron chi connectivity index (χ1n) is 3.79. The minimum atomic E-state index is -6.74. The van der Waals surface area contributed by atoms with Crippen molar-refractivity contribution in [2.24, 2.45) is 0 Å². The average molecular weight is 314 g/mol. The molecule has 0 amide bonds. The van der Waals surface area contributed by atoms with Crippen LogP contribution >= 0.6 is 0 Å². The quantitative estimate of drug-likeness (QED) is 0.590. The van der Waals surface area contributed by atoms with Crippen LogP contribution < -0.4 is 0 Å². The molecule has 0 aliphatic carbocycles. The zero-order chi connectivity index (χ0) is 15.9. The second kappa shape index (κ2) is 4.67. The van der Waals surface area contributed by atoms with Crippen LogP contribution in [-0.4, -0.2) is 36.5 Å². The molecule has 0 N–H and O–H groups in total. The fourth-order valence-corrected chi connectivity index (χ4v) is 0.541. The fraction of sp³-hybridized carbons (Fsp3) is 0.833. The van der Waals surface area contributed by atoms with E-state index in [-0.39, 0.29) is 0 Å². The highest BCUT2D eigenvalue weighted by Gasteiger charge is 2.72. The fourth-order valence-electron chi connectivity index (χ4n) is 0.541. The van der Waals surface area contributed by atoms with Gasteiger partial charge in [0.25, 0.3) is 0 Å². The van der Waals surface area contributed by atoms with Crippen LogP contribution in [-0.2, 0) is 9.53 Å². The second-order valence-corrected chi connectivity index (χ2v) is 2.91. The molecule has 0 fully saturated rings. The Morgan fingerprint density at radius 1 is 0.789 bits per heavy atom. The van der Waals surface area contributed by atoms with Gasteiger partial charge in [0.15, 0.2) is 0 Å². The van der Waals surface area contributed by atoms with Crippen molar-refractivity contribution in [1.82, 2.24) is 0 Å². The maximum absolute atomic E-state index is 12.6. The molecule has 0 aliphatic heterocycles. The Labute approximate surface area is 95.7 Å². The van der Waals surface area contributed by atoms with Gasteiger partial charge in [-0.1, -0.05) is 0 Å². The van der Waals surface area contributed by atoms with Crippen LogP contribution in [0.3, 0.4) is 0 Å². The number of carbonyl (C=O) groups excluding carboxylic acids is 1. The lowest BCUT2D eigenvalue weighted by atomic mass is 10.3. The number of carbonyl (C=O) groups is 1. The van der Waals surface area contributed by atoms with Gasteiger partial charge in [0, 0.05) is 0 Å². The van der Waals surface area contributed by atoms with Crippen LogP contribution in [0.4, 0.5) is 48.3 Å². The van der Waals surface area contributed by atoms with Crippen LogP contribution in [0.5, 0.6) is 0 Å². The molecular formula is C6HF11O2. The molecule has 2 nitrogen and oxygen atoms in total. The molecule has 0 saturated carbocycles. The molecule has 0 aromatic rings. The van der Waals surface area contributed by atoms with E-state index in [0.717, 1.165) is 0 Å². The molecule has 0 aromatic heterocycles. The number of alkyl halides is 11. The van der Waals surface area contributed by atoms with E-state index in [9.17, 15) is 53.1 Å². The third-order valence-corrected chi connectivity index (χ3v) is 1.52. The van der Waals surface area contributed by atoms with Crippen molar-refractivity contribution < 1.29 is 57.8 Å². The van der Waals surface area contributed by atoms with E-state index in [1.54, 1.807) is 0 Å². The first-order valence-corrected chi connectivity index (χ1v) is 3.79. The molecule has 0 rings (SSSR count). The third kappa shape index (κ3) is 3.18. The van der Waals surface area contributed by atoms with Gasteiger partial charge in [-0.05, 0) is 0 Å². The number of hydrogen-bond donors (Lipinski definition) is 0. The van der Waals surface area contributed by atoms with Gasteiger partial charge in [0.05, 0.1) is 0 Å². The van der Waals surface area contributed by atoms with Gasteiger partial charge in [0.2, 0.25) is 0 Å². The summed E-state index contributed by atoms with van der Waals surface area (Å²) in [5.41, 5.74) is 0. The van der Waals surface area contributed by atoms with Gasteiger partial charge in [-0.15, -0.1) is 0 Å². The van der Waals surface area contributed by atoms with E-state index >= 15 is 0 Å². The van der Waals surface area contributed by atoms with Gasteiger partial charge < -0.3 is 4.74 Å². The van der Waals surface area contributed by atoms with Gasteiger partial charge in [-0.2, -0.15) is 39.5 Å². The first kappa shape index (κ1) is 17.7. The Bertz CT molecular complexity index is 342. The highest BCUT2D eigenvalue weighted by Crippen LogP contribution is 2.43. The highest BCUT2D eigenvalue weighted by molar-refractivity contribution is 5.79. The van der Waals surface area contributed by atoms with Crippen molar-refractivity contribution in [3.8, 4) is 0 Å². The Morgan fingerprint density at radius 2 is 1.16 bits per heavy atom. The number of ether oxygens (including phenoxy) is 1. The number of esters is 1. The zero-order valence-corrected chi connectivity index (χ0v) is 8.05. The summed E-state index contributed by atoms with van der Waals surface area (Å²) in [5.74, 6) is -17.0. The highest BCUT2D eigenvalue weighted by atomic mass is 19.4. The largest absolute Gasteiger partial charge is 0.466 e. The van der Waals surface area contributed by atoms with E-state index in [1.807, 2.05) is 4.74 Å². The van der Waals surface area contributed by atoms with Gasteiger partial charge in [0.1, 0.15) is 0 Å². The van der Waals surface area contributed by atoms with Crippen molar-refractivity contribution in [2.75, 3.05) is 0 Å². The standard InChI is InChI=1S/C6HF11O2/c7-1(8)4(11,6(15,16)17)19-2(18)3(9,10)5(12,13)14/h1H. The normalized spacial score (nSPS) is 17.3. The summed E-state index contributed by atoms with van der Waals surface area (Å²) < 4.78 is 132. The van der Waals surface area contributed by atoms with Crippen LogP contribution in [0.25, 0.3) is 0 Å². The Balaban J connectivity index is 5.39. The summed E-state index contributed by atoms with van der Waals surface area (Å²) in [5, 5.41) is 0. The lowest BCUT2D eigenvalue weighted by Crippen LogP contribution is -2.55. The molecule has 19 heavy (non-hydrogen) atoms. The predicted octanol–water partition coefficient (Wildman–Crippen LogP) is 3.22. The monoisotopic (exact) mass is 314 g/mol. The molecule has 13 heteroatoms. The summed E-state index contributed by atoms with van der Waals surface area (Å²) in [7, 11) is 0. The van der Waals surface area contributed by atoms with Crippen molar-refractivity contribution in [3.05, 3.63) is 0 Å². The Morgan fingerprint density at radius 3 is 1.37 bits per heavy atom. The van der Waals surface area contributed by atoms with Crippen LogP contribution in [0.1, 0.15) is 0 Å². The lowest BCUT2D eigenvalue weighted by molar-refractivity contribution is -0.368. The predicted molar refractivity (Wildman–Crippen MR) is 33.0 cm³/mol. The van der Waals surface area contributed by atoms with Gasteiger partial charge >= 0.3 is 36.5 Å². The summed E-state index contributed by atoms with van der Waals surface area (Å²) in [4.78, 5) is 10.1. The number of rotatable bonds is 3. The Hall–Kier alpha value is -1.30. The number of hydrogen-bond acceptors (Lipinski definition) is 2. The summed E-state index contributed by atoms with van der Waals surface area (Å²) in [6.07, 6.45) is -18.7. The van der Waals surface area contributed by atoms with Crippen molar-refractivity contribution in [2.45, 2.75) is 30.6 Å². The molecule has 0 aliphatic rings. The second-order valence-electron chi connectivity index (χ2n) is 2.91. The summed E-state index contributed by atoms with van der Waals surface area (Å²) in [6.45, 7) is 0. The molecular weight excluding hydrogens is 313 g/mol. The van der Waals surface area contributed by atoms with E-state index in [0.29, 0.717) is 0 Å². The third-order valence-electron chi connectivity index (χ3n) is 1.52. The molecule has 0 spiro atoms. The van der Waals surface area contributed by atoms with Gasteiger partial charge in [-0.3, -0.25) is 0 Å². The lowest BCUT2D eigenvalue weighted by Gasteiger charge is -2.28. The summed E-state index contributed by atoms with van der Waals surface area (Å²) >= 11 is 0. The molecule has 114 valence electrons. The van der Waals surface area contributed by atoms with E-state index in [1.165, 1.54) is 0 Å². The average Bonchev–Trinajstić information content (AvgIpc) is 2.13. The van der Waals surface area contributed by atoms with E-state index < -0.39 is 36.5 Å². The minimum Gasteiger partial charge on any atom is -0.410 e. The smallest absolute Gasteiger partial charge is 0.410 e. The topological polar surface area (TPSA) is 26.3 Å². The van der Waals surface area contributed by atoms with Crippen molar-refractivity contribution in [3.63, 3.8) is 0 Å². The van der Waals surface area contributed by atoms with Crippen LogP contribution in [0.2, 0.25) is 0 Å². The maximum Gasteiger partial charge on any atom is 0.466 e. The molecule has 0 saturated heterocycles. The van der Waals surface area contributed by atoms with Crippen LogP contribution in [0, 0.1) is 0 Å². The molecule has 1 unspecified atom stereocenters. The maximum atomic E-state index is 12.6. The number of halogens is 11. The minimum absolute atomic E-state index is 2.00. The molecule has 0 aromatic carbocycles. The van der Waals surface area contributed by atoms with Crippen LogP contribution in [0.15, 0.2) is 0 Å². The molecule has 1 atom stereocenters. The van der Waals surface area contributed by atoms with Crippen molar-refractivity contribution >= 4 is 5.97 Å². The molecule has 0 heterocycles. The molecule has 0 bridgehead atoms. The molecule has 0 radical (unpaired) electrons. The van der Waals surface area contributed by atoms with Gasteiger partial charge in [-0.25, -0.2) is 13.6 Å². The zero-order valence-electron chi connectivity index (χ0n) is 8.05. The summed E-state index contributed by atoms with van der Waals surface area (Å²) in [6, 6.07) is 0. The van der Waals surface area contributed by atoms with Crippen molar-refractivity contribution in [1.29, 1.82) is 0 Å². The van der Waals surface area contributed by atoms with E-state index in [4.69, 9.17) is 0 Å². The first-order chi connectivity index (χ1) is 8.07. The Kier molecular flexibility index (Phi) is 4.35. The SMILES string of the molecule is O=C(OC(F)(C(F)F)C(F)(F)F)C(F)(F)C(F)(F)F.